The average molecular weight is 311 g/mol. The van der Waals surface area contributed by atoms with Crippen molar-refractivity contribution in [1.29, 1.82) is 0 Å². The van der Waals surface area contributed by atoms with Crippen molar-refractivity contribution in [3.63, 3.8) is 0 Å². The highest BCUT2D eigenvalue weighted by atomic mass is 32.2. The fourth-order valence-electron chi connectivity index (χ4n) is 2.52. The first-order valence-electron chi connectivity index (χ1n) is 7.68. The number of hydrogen-bond acceptors (Lipinski definition) is 4. The minimum Gasteiger partial charge on any atom is -0.336 e. The van der Waals surface area contributed by atoms with Gasteiger partial charge >= 0.3 is 6.03 Å². The topological polar surface area (TPSA) is 63.1 Å². The van der Waals surface area contributed by atoms with Crippen LogP contribution in [0.1, 0.15) is 39.2 Å². The summed E-state index contributed by atoms with van der Waals surface area (Å²) in [5, 5.41) is 7.28. The monoisotopic (exact) mass is 311 g/mol. The molecule has 0 radical (unpaired) electrons. The van der Waals surface area contributed by atoms with Gasteiger partial charge in [0.2, 0.25) is 0 Å². The van der Waals surface area contributed by atoms with Crippen LogP contribution in [0.4, 0.5) is 4.79 Å². The van der Waals surface area contributed by atoms with E-state index in [0.717, 1.165) is 43.9 Å². The van der Waals surface area contributed by atoms with E-state index in [1.165, 1.54) is 0 Å². The third-order valence-corrected chi connectivity index (χ3v) is 4.76. The Balaban J connectivity index is 1.70. The molecule has 0 spiro atoms. The average Bonchev–Trinajstić information content (AvgIpc) is 3.02. The number of urea groups is 1. The van der Waals surface area contributed by atoms with Gasteiger partial charge in [0.05, 0.1) is 6.04 Å². The standard InChI is InChI=1S/C14H25N5OS/c1-3-21-9-6-12(2)17-14(20)18-7-4-13(5-8-18)19-11-15-10-16-19/h10-13H,3-9H2,1-2H3,(H,17,20)/t12-/m1/s1. The number of likely N-dealkylation sites (tertiary alicyclic amines) is 1. The lowest BCUT2D eigenvalue weighted by molar-refractivity contribution is 0.166. The summed E-state index contributed by atoms with van der Waals surface area (Å²) in [5.41, 5.74) is 0. The molecule has 1 aliphatic heterocycles. The summed E-state index contributed by atoms with van der Waals surface area (Å²) in [4.78, 5) is 18.1. The second-order valence-corrected chi connectivity index (χ2v) is 6.82. The fraction of sp³-hybridized carbons (Fsp3) is 0.786. The maximum atomic E-state index is 12.2. The van der Waals surface area contributed by atoms with Crippen LogP contribution in [-0.4, -0.2) is 56.3 Å². The Morgan fingerprint density at radius 3 is 2.86 bits per heavy atom. The van der Waals surface area contributed by atoms with E-state index >= 15 is 0 Å². The van der Waals surface area contributed by atoms with Gasteiger partial charge in [-0.1, -0.05) is 6.92 Å². The predicted molar refractivity (Wildman–Crippen MR) is 85.5 cm³/mol. The molecule has 21 heavy (non-hydrogen) atoms. The molecule has 1 saturated heterocycles. The van der Waals surface area contributed by atoms with Crippen molar-refractivity contribution >= 4 is 17.8 Å². The molecule has 118 valence electrons. The number of piperidine rings is 1. The van der Waals surface area contributed by atoms with Gasteiger partial charge in [-0.05, 0) is 37.7 Å². The Morgan fingerprint density at radius 1 is 1.48 bits per heavy atom. The van der Waals surface area contributed by atoms with Crippen molar-refractivity contribution in [3.8, 4) is 0 Å². The number of carbonyl (C=O) groups is 1. The lowest BCUT2D eigenvalue weighted by Gasteiger charge is -2.32. The molecule has 0 aromatic carbocycles. The van der Waals surface area contributed by atoms with Crippen LogP contribution in [0, 0.1) is 0 Å². The summed E-state index contributed by atoms with van der Waals surface area (Å²) in [6.07, 6.45) is 6.23. The normalized spacial score (nSPS) is 17.7. The lowest BCUT2D eigenvalue weighted by atomic mass is 10.1. The molecule has 2 amide bonds. The van der Waals surface area contributed by atoms with Crippen LogP contribution in [0.25, 0.3) is 0 Å². The highest BCUT2D eigenvalue weighted by Gasteiger charge is 2.24. The molecule has 0 aliphatic carbocycles. The molecule has 2 rings (SSSR count). The minimum absolute atomic E-state index is 0.0704. The third kappa shape index (κ3) is 4.91. The summed E-state index contributed by atoms with van der Waals surface area (Å²) < 4.78 is 1.90. The van der Waals surface area contributed by atoms with E-state index in [1.807, 2.05) is 21.3 Å². The molecule has 0 saturated carbocycles. The Bertz CT molecular complexity index is 417. The molecular formula is C14H25N5OS. The van der Waals surface area contributed by atoms with Gasteiger partial charge in [0, 0.05) is 19.1 Å². The van der Waals surface area contributed by atoms with E-state index in [0.29, 0.717) is 6.04 Å². The van der Waals surface area contributed by atoms with Crippen molar-refractivity contribution < 1.29 is 4.79 Å². The van der Waals surface area contributed by atoms with Gasteiger partial charge in [-0.2, -0.15) is 16.9 Å². The van der Waals surface area contributed by atoms with Crippen LogP contribution in [0.3, 0.4) is 0 Å². The van der Waals surface area contributed by atoms with Crippen molar-refractivity contribution in [2.75, 3.05) is 24.6 Å². The van der Waals surface area contributed by atoms with Gasteiger partial charge in [-0.25, -0.2) is 14.5 Å². The zero-order valence-electron chi connectivity index (χ0n) is 12.9. The summed E-state index contributed by atoms with van der Waals surface area (Å²) in [7, 11) is 0. The van der Waals surface area contributed by atoms with Crippen LogP contribution in [-0.2, 0) is 0 Å². The van der Waals surface area contributed by atoms with Gasteiger partial charge in [0.1, 0.15) is 12.7 Å². The molecule has 1 aliphatic rings. The van der Waals surface area contributed by atoms with Crippen molar-refractivity contribution in [2.45, 2.75) is 45.2 Å². The van der Waals surface area contributed by atoms with Crippen molar-refractivity contribution in [3.05, 3.63) is 12.7 Å². The Kier molecular flexibility index (Phi) is 6.35. The van der Waals surface area contributed by atoms with E-state index in [4.69, 9.17) is 0 Å². The fourth-order valence-corrected chi connectivity index (χ4v) is 3.33. The summed E-state index contributed by atoms with van der Waals surface area (Å²) in [6.45, 7) is 5.81. The number of thioether (sulfide) groups is 1. The smallest absolute Gasteiger partial charge is 0.317 e. The summed E-state index contributed by atoms with van der Waals surface area (Å²) in [5.74, 6) is 2.24. The zero-order valence-corrected chi connectivity index (χ0v) is 13.7. The SMILES string of the molecule is CCSCC[C@@H](C)NC(=O)N1CCC(n2cncn2)CC1. The molecule has 1 atom stereocenters. The molecule has 1 N–H and O–H groups in total. The number of carbonyl (C=O) groups excluding carboxylic acids is 1. The van der Waals surface area contributed by atoms with Crippen molar-refractivity contribution in [2.24, 2.45) is 0 Å². The second-order valence-electron chi connectivity index (χ2n) is 5.43. The summed E-state index contributed by atoms with van der Waals surface area (Å²) in [6, 6.07) is 0.681. The van der Waals surface area contributed by atoms with Crippen molar-refractivity contribution in [1.82, 2.24) is 25.0 Å². The first-order valence-corrected chi connectivity index (χ1v) is 8.83. The highest BCUT2D eigenvalue weighted by Crippen LogP contribution is 2.21. The Labute approximate surface area is 130 Å². The molecule has 2 heterocycles. The Morgan fingerprint density at radius 2 is 2.24 bits per heavy atom. The third-order valence-electron chi connectivity index (χ3n) is 3.83. The van der Waals surface area contributed by atoms with Crippen LogP contribution >= 0.6 is 11.8 Å². The molecule has 7 heteroatoms. The molecule has 0 bridgehead atoms. The molecule has 1 fully saturated rings. The van der Waals surface area contributed by atoms with Gasteiger partial charge in [-0.15, -0.1) is 0 Å². The first kappa shape index (κ1) is 16.1. The van der Waals surface area contributed by atoms with Crippen LogP contribution in [0.5, 0.6) is 0 Å². The van der Waals surface area contributed by atoms with Gasteiger partial charge in [0.15, 0.2) is 0 Å². The number of nitrogens with one attached hydrogen (secondary N) is 1. The summed E-state index contributed by atoms with van der Waals surface area (Å²) >= 11 is 1.92. The first-order chi connectivity index (χ1) is 10.2. The van der Waals surface area contributed by atoms with E-state index in [2.05, 4.69) is 29.2 Å². The highest BCUT2D eigenvalue weighted by molar-refractivity contribution is 7.99. The van der Waals surface area contributed by atoms with Crippen LogP contribution in [0.15, 0.2) is 12.7 Å². The number of amides is 2. The molecule has 1 aromatic rings. The van der Waals surface area contributed by atoms with Gasteiger partial charge in [-0.3, -0.25) is 0 Å². The molecule has 1 aromatic heterocycles. The quantitative estimate of drug-likeness (QED) is 0.818. The number of rotatable bonds is 6. The lowest BCUT2D eigenvalue weighted by Crippen LogP contribution is -2.47. The number of hydrogen-bond donors (Lipinski definition) is 1. The zero-order chi connectivity index (χ0) is 15.1. The maximum absolute atomic E-state index is 12.2. The van der Waals surface area contributed by atoms with Crippen LogP contribution in [0.2, 0.25) is 0 Å². The largest absolute Gasteiger partial charge is 0.336 e. The van der Waals surface area contributed by atoms with Gasteiger partial charge in [0.25, 0.3) is 0 Å². The minimum atomic E-state index is 0.0704. The van der Waals surface area contributed by atoms with E-state index in [1.54, 1.807) is 12.7 Å². The number of nitrogens with zero attached hydrogens (tertiary/aromatic N) is 4. The van der Waals surface area contributed by atoms with E-state index in [9.17, 15) is 4.79 Å². The molecule has 6 nitrogen and oxygen atoms in total. The van der Waals surface area contributed by atoms with E-state index < -0.39 is 0 Å². The maximum Gasteiger partial charge on any atom is 0.317 e. The Hall–Kier alpha value is -1.24. The van der Waals surface area contributed by atoms with E-state index in [-0.39, 0.29) is 12.1 Å². The molecular weight excluding hydrogens is 286 g/mol. The number of aromatic nitrogens is 3. The molecule has 0 unspecified atom stereocenters. The predicted octanol–water partition coefficient (Wildman–Crippen LogP) is 2.16. The second kappa shape index (κ2) is 8.26. The van der Waals surface area contributed by atoms with Gasteiger partial charge < -0.3 is 10.2 Å². The van der Waals surface area contributed by atoms with Crippen LogP contribution < -0.4 is 5.32 Å².